The number of rotatable bonds is 4. The summed E-state index contributed by atoms with van der Waals surface area (Å²) in [5, 5.41) is 9.04. The summed E-state index contributed by atoms with van der Waals surface area (Å²) in [5.41, 5.74) is 0.781. The number of hydrogen-bond acceptors (Lipinski definition) is 3. The van der Waals surface area contributed by atoms with Gasteiger partial charge in [0.1, 0.15) is 10.9 Å². The minimum Gasteiger partial charge on any atom is -0.480 e. The number of carboxylic acids is 1. The quantitative estimate of drug-likeness (QED) is 0.890. The van der Waals surface area contributed by atoms with E-state index in [9.17, 15) is 13.2 Å². The standard InChI is InChI=1S/C11H13Cl2NO4S/c1-5-4-8(12)6(2)10(9(5)13)19(17,18)14-7(3)11(15)16/h4,7,14H,1-3H3,(H,15,16)/t7-/m1/s1. The first-order valence-electron chi connectivity index (χ1n) is 5.28. The predicted octanol–water partition coefficient (Wildman–Crippen LogP) is 2.36. The summed E-state index contributed by atoms with van der Waals surface area (Å²) >= 11 is 11.9. The molecule has 0 unspecified atom stereocenters. The van der Waals surface area contributed by atoms with E-state index >= 15 is 0 Å². The number of nitrogens with one attached hydrogen (secondary N) is 1. The number of sulfonamides is 1. The van der Waals surface area contributed by atoms with Crippen molar-refractivity contribution >= 4 is 39.2 Å². The van der Waals surface area contributed by atoms with E-state index in [0.717, 1.165) is 0 Å². The number of aryl methyl sites for hydroxylation is 1. The van der Waals surface area contributed by atoms with Gasteiger partial charge in [0.2, 0.25) is 10.0 Å². The minimum absolute atomic E-state index is 0.0342. The first-order chi connectivity index (χ1) is 8.58. The zero-order valence-electron chi connectivity index (χ0n) is 10.5. The third-order valence-electron chi connectivity index (χ3n) is 2.56. The molecule has 1 atom stereocenters. The van der Waals surface area contributed by atoms with Crippen molar-refractivity contribution in [2.75, 3.05) is 0 Å². The van der Waals surface area contributed by atoms with E-state index < -0.39 is 22.0 Å². The molecule has 1 aromatic carbocycles. The summed E-state index contributed by atoms with van der Waals surface area (Å²) in [4.78, 5) is 10.5. The topological polar surface area (TPSA) is 83.5 Å². The van der Waals surface area contributed by atoms with E-state index in [0.29, 0.717) is 5.56 Å². The third kappa shape index (κ3) is 3.39. The Morgan fingerprint density at radius 1 is 1.37 bits per heavy atom. The Balaban J connectivity index is 3.41. The predicted molar refractivity (Wildman–Crippen MR) is 73.4 cm³/mol. The normalized spacial score (nSPS) is 13.3. The maximum atomic E-state index is 12.2. The maximum absolute atomic E-state index is 12.2. The highest BCUT2D eigenvalue weighted by Crippen LogP contribution is 2.33. The molecule has 0 amide bonds. The van der Waals surface area contributed by atoms with Crippen LogP contribution in [-0.4, -0.2) is 25.5 Å². The van der Waals surface area contributed by atoms with Crippen LogP contribution in [0.2, 0.25) is 10.0 Å². The molecule has 5 nitrogen and oxygen atoms in total. The molecular weight excluding hydrogens is 313 g/mol. The summed E-state index contributed by atoms with van der Waals surface area (Å²) in [7, 11) is -4.06. The number of benzene rings is 1. The Morgan fingerprint density at radius 3 is 2.37 bits per heavy atom. The molecule has 0 aliphatic heterocycles. The van der Waals surface area contributed by atoms with E-state index in [2.05, 4.69) is 0 Å². The maximum Gasteiger partial charge on any atom is 0.321 e. The molecule has 106 valence electrons. The van der Waals surface area contributed by atoms with Gasteiger partial charge in [0.25, 0.3) is 0 Å². The molecule has 0 radical (unpaired) electrons. The summed E-state index contributed by atoms with van der Waals surface area (Å²) < 4.78 is 26.4. The largest absolute Gasteiger partial charge is 0.480 e. The van der Waals surface area contributed by atoms with Gasteiger partial charge in [-0.1, -0.05) is 23.2 Å². The first-order valence-corrected chi connectivity index (χ1v) is 7.52. The fourth-order valence-electron chi connectivity index (χ4n) is 1.48. The molecule has 0 aliphatic rings. The number of hydrogen-bond donors (Lipinski definition) is 2. The third-order valence-corrected chi connectivity index (χ3v) is 5.26. The van der Waals surface area contributed by atoms with Crippen molar-refractivity contribution in [3.8, 4) is 0 Å². The highest BCUT2D eigenvalue weighted by molar-refractivity contribution is 7.89. The van der Waals surface area contributed by atoms with Gasteiger partial charge in [-0.15, -0.1) is 0 Å². The number of aliphatic carboxylic acids is 1. The van der Waals surface area contributed by atoms with Gasteiger partial charge < -0.3 is 5.11 Å². The lowest BCUT2D eigenvalue weighted by atomic mass is 10.2. The number of carboxylic acid groups (broad SMARTS) is 1. The monoisotopic (exact) mass is 325 g/mol. The minimum atomic E-state index is -4.06. The lowest BCUT2D eigenvalue weighted by Crippen LogP contribution is -2.38. The highest BCUT2D eigenvalue weighted by Gasteiger charge is 2.27. The van der Waals surface area contributed by atoms with Crippen LogP contribution in [0, 0.1) is 13.8 Å². The van der Waals surface area contributed by atoms with Crippen LogP contribution >= 0.6 is 23.2 Å². The molecule has 1 aromatic rings. The van der Waals surface area contributed by atoms with Crippen molar-refractivity contribution < 1.29 is 18.3 Å². The zero-order valence-corrected chi connectivity index (χ0v) is 12.8. The molecule has 0 heterocycles. The Morgan fingerprint density at radius 2 is 1.89 bits per heavy atom. The summed E-state index contributed by atoms with van der Waals surface area (Å²) in [5.74, 6) is -1.28. The molecule has 2 N–H and O–H groups in total. The van der Waals surface area contributed by atoms with Gasteiger partial charge in [0.15, 0.2) is 0 Å². The SMILES string of the molecule is Cc1cc(Cl)c(C)c(S(=O)(=O)N[C@H](C)C(=O)O)c1Cl. The van der Waals surface area contributed by atoms with Crippen LogP contribution in [0.5, 0.6) is 0 Å². The highest BCUT2D eigenvalue weighted by atomic mass is 35.5. The van der Waals surface area contributed by atoms with Crippen molar-refractivity contribution in [1.29, 1.82) is 0 Å². The van der Waals surface area contributed by atoms with Crippen molar-refractivity contribution in [3.63, 3.8) is 0 Å². The summed E-state index contributed by atoms with van der Waals surface area (Å²) in [6.45, 7) is 4.35. The van der Waals surface area contributed by atoms with Crippen molar-refractivity contribution in [2.45, 2.75) is 31.7 Å². The fraction of sp³-hybridized carbons (Fsp3) is 0.364. The Hall–Kier alpha value is -0.820. The molecule has 8 heteroatoms. The van der Waals surface area contributed by atoms with Gasteiger partial charge in [-0.3, -0.25) is 4.79 Å². The van der Waals surface area contributed by atoms with Gasteiger partial charge in [-0.2, -0.15) is 4.72 Å². The van der Waals surface area contributed by atoms with Gasteiger partial charge >= 0.3 is 5.97 Å². The van der Waals surface area contributed by atoms with Gasteiger partial charge in [0.05, 0.1) is 5.02 Å². The lowest BCUT2D eigenvalue weighted by molar-refractivity contribution is -0.138. The Labute approximate surface area is 121 Å². The second kappa shape index (κ2) is 5.66. The van der Waals surface area contributed by atoms with E-state index in [1.54, 1.807) is 13.0 Å². The van der Waals surface area contributed by atoms with Crippen LogP contribution in [0.15, 0.2) is 11.0 Å². The molecule has 0 saturated carbocycles. The van der Waals surface area contributed by atoms with Crippen LogP contribution in [0.3, 0.4) is 0 Å². The number of carbonyl (C=O) groups is 1. The Bertz CT molecular complexity index is 602. The molecule has 0 aromatic heterocycles. The van der Waals surface area contributed by atoms with Crippen LogP contribution in [-0.2, 0) is 14.8 Å². The van der Waals surface area contributed by atoms with Gasteiger partial charge in [-0.05, 0) is 38.0 Å². The van der Waals surface area contributed by atoms with Crippen LogP contribution < -0.4 is 4.72 Å². The van der Waals surface area contributed by atoms with E-state index in [1.807, 2.05) is 4.72 Å². The van der Waals surface area contributed by atoms with Crippen molar-refractivity contribution in [1.82, 2.24) is 4.72 Å². The van der Waals surface area contributed by atoms with E-state index in [4.69, 9.17) is 28.3 Å². The average molecular weight is 326 g/mol. The van der Waals surface area contributed by atoms with Crippen LogP contribution in [0.4, 0.5) is 0 Å². The molecule has 0 fully saturated rings. The molecular formula is C11H13Cl2NO4S. The van der Waals surface area contributed by atoms with E-state index in [-0.39, 0.29) is 20.5 Å². The molecule has 1 rings (SSSR count). The zero-order chi connectivity index (χ0) is 15.0. The van der Waals surface area contributed by atoms with Crippen molar-refractivity contribution in [3.05, 3.63) is 27.2 Å². The lowest BCUT2D eigenvalue weighted by Gasteiger charge is -2.15. The van der Waals surface area contributed by atoms with Gasteiger partial charge in [0, 0.05) is 5.02 Å². The first kappa shape index (κ1) is 16.2. The second-order valence-electron chi connectivity index (χ2n) is 4.12. The molecule has 0 bridgehead atoms. The molecule has 0 spiro atoms. The second-order valence-corrected chi connectivity index (χ2v) is 6.56. The van der Waals surface area contributed by atoms with Crippen LogP contribution in [0.25, 0.3) is 0 Å². The fourth-order valence-corrected chi connectivity index (χ4v) is 3.88. The Kier molecular flexibility index (Phi) is 4.84. The number of halogens is 2. The summed E-state index contributed by atoms with van der Waals surface area (Å²) in [6, 6.07) is 0.290. The van der Waals surface area contributed by atoms with E-state index in [1.165, 1.54) is 13.8 Å². The smallest absolute Gasteiger partial charge is 0.321 e. The molecule has 0 aliphatic carbocycles. The summed E-state index contributed by atoms with van der Waals surface area (Å²) in [6.07, 6.45) is 0. The molecule has 0 saturated heterocycles. The average Bonchev–Trinajstić information content (AvgIpc) is 2.25. The van der Waals surface area contributed by atoms with Crippen LogP contribution in [0.1, 0.15) is 18.1 Å². The molecule has 19 heavy (non-hydrogen) atoms. The van der Waals surface area contributed by atoms with Gasteiger partial charge in [-0.25, -0.2) is 8.42 Å². The van der Waals surface area contributed by atoms with Crippen molar-refractivity contribution in [2.24, 2.45) is 0 Å².